The van der Waals surface area contributed by atoms with E-state index in [0.717, 1.165) is 25.7 Å². The van der Waals surface area contributed by atoms with Crippen LogP contribution < -0.4 is 5.32 Å². The lowest BCUT2D eigenvalue weighted by Crippen LogP contribution is -2.43. The molecule has 0 bridgehead atoms. The van der Waals surface area contributed by atoms with E-state index in [1.165, 1.54) is 12.1 Å². The van der Waals surface area contributed by atoms with Crippen LogP contribution in [0.15, 0.2) is 24.3 Å². The van der Waals surface area contributed by atoms with Gasteiger partial charge in [0.1, 0.15) is 5.82 Å². The van der Waals surface area contributed by atoms with Crippen molar-refractivity contribution < 1.29 is 14.3 Å². The van der Waals surface area contributed by atoms with Gasteiger partial charge in [-0.25, -0.2) is 4.39 Å². The van der Waals surface area contributed by atoms with Crippen molar-refractivity contribution in [3.05, 3.63) is 35.6 Å². The fourth-order valence-corrected chi connectivity index (χ4v) is 3.71. The van der Waals surface area contributed by atoms with E-state index in [1.54, 1.807) is 12.1 Å². The lowest BCUT2D eigenvalue weighted by Gasteiger charge is -2.37. The number of halogens is 1. The molecule has 3 fully saturated rings. The van der Waals surface area contributed by atoms with Gasteiger partial charge in [-0.05, 0) is 62.1 Å². The van der Waals surface area contributed by atoms with E-state index >= 15 is 0 Å². The highest BCUT2D eigenvalue weighted by atomic mass is 19.1. The summed E-state index contributed by atoms with van der Waals surface area (Å²) >= 11 is 0. The summed E-state index contributed by atoms with van der Waals surface area (Å²) in [6, 6.07) is 6.37. The van der Waals surface area contributed by atoms with Crippen molar-refractivity contribution in [3.63, 3.8) is 0 Å². The standard InChI is InChI=1S/C17H20FNO2/c18-13-3-1-2-11(8-13)17(21)6-4-14(5-7-17)19-15(20)16-9-12(16)10-16/h1-3,8,12,14,21H,4-7,9-10H2,(H,19,20). The van der Waals surface area contributed by atoms with Gasteiger partial charge in [0.15, 0.2) is 0 Å². The molecule has 3 aliphatic carbocycles. The van der Waals surface area contributed by atoms with Gasteiger partial charge in [0.25, 0.3) is 0 Å². The number of benzene rings is 1. The highest BCUT2D eigenvalue weighted by Crippen LogP contribution is 2.75. The van der Waals surface area contributed by atoms with Crippen LogP contribution in [0.2, 0.25) is 0 Å². The van der Waals surface area contributed by atoms with Gasteiger partial charge in [-0.3, -0.25) is 4.79 Å². The van der Waals surface area contributed by atoms with Crippen molar-refractivity contribution in [2.45, 2.75) is 50.2 Å². The summed E-state index contributed by atoms with van der Waals surface area (Å²) in [5.74, 6) is 0.558. The van der Waals surface area contributed by atoms with Crippen LogP contribution in [0.4, 0.5) is 4.39 Å². The molecule has 3 aliphatic rings. The molecule has 21 heavy (non-hydrogen) atoms. The van der Waals surface area contributed by atoms with E-state index < -0.39 is 5.60 Å². The number of amides is 1. The zero-order valence-electron chi connectivity index (χ0n) is 11.9. The van der Waals surface area contributed by atoms with E-state index in [-0.39, 0.29) is 23.2 Å². The first kappa shape index (κ1) is 13.3. The number of hydrogen-bond acceptors (Lipinski definition) is 2. The summed E-state index contributed by atoms with van der Waals surface area (Å²) < 4.78 is 13.3. The lowest BCUT2D eigenvalue weighted by molar-refractivity contribution is -0.125. The maximum atomic E-state index is 13.3. The van der Waals surface area contributed by atoms with Crippen molar-refractivity contribution in [1.82, 2.24) is 5.32 Å². The van der Waals surface area contributed by atoms with E-state index in [0.29, 0.717) is 24.3 Å². The number of carbonyl (C=O) groups excluding carboxylic acids is 1. The van der Waals surface area contributed by atoms with Crippen LogP contribution in [-0.2, 0) is 10.4 Å². The van der Waals surface area contributed by atoms with Crippen LogP contribution in [0.25, 0.3) is 0 Å². The molecule has 3 saturated carbocycles. The van der Waals surface area contributed by atoms with Gasteiger partial charge in [-0.15, -0.1) is 0 Å². The molecule has 0 spiro atoms. The van der Waals surface area contributed by atoms with E-state index in [4.69, 9.17) is 0 Å². The third-order valence-corrected chi connectivity index (χ3v) is 5.64. The maximum absolute atomic E-state index is 13.3. The van der Waals surface area contributed by atoms with Crippen LogP contribution >= 0.6 is 0 Å². The van der Waals surface area contributed by atoms with Crippen molar-refractivity contribution in [2.24, 2.45) is 11.3 Å². The Bertz CT molecular complexity index is 586. The molecule has 0 saturated heterocycles. The minimum atomic E-state index is -0.955. The smallest absolute Gasteiger partial charge is 0.226 e. The second kappa shape index (κ2) is 4.29. The molecule has 2 N–H and O–H groups in total. The molecule has 0 heterocycles. The highest BCUT2D eigenvalue weighted by molar-refractivity contribution is 5.90. The molecule has 4 rings (SSSR count). The van der Waals surface area contributed by atoms with Crippen LogP contribution in [-0.4, -0.2) is 17.1 Å². The summed E-state index contributed by atoms with van der Waals surface area (Å²) in [6.45, 7) is 0. The molecular formula is C17H20FNO2. The van der Waals surface area contributed by atoms with Gasteiger partial charge in [-0.1, -0.05) is 12.1 Å². The Balaban J connectivity index is 1.38. The average Bonchev–Trinajstić information content (AvgIpc) is 3.31. The van der Waals surface area contributed by atoms with Crippen LogP contribution in [0.5, 0.6) is 0 Å². The Labute approximate surface area is 123 Å². The molecule has 1 aromatic carbocycles. The van der Waals surface area contributed by atoms with Crippen molar-refractivity contribution in [2.75, 3.05) is 0 Å². The summed E-state index contributed by atoms with van der Waals surface area (Å²) in [6.07, 6.45) is 4.77. The molecule has 1 aromatic rings. The molecule has 0 aliphatic heterocycles. The quantitative estimate of drug-likeness (QED) is 0.898. The normalized spacial score (nSPS) is 40.3. The van der Waals surface area contributed by atoms with E-state index in [1.807, 2.05) is 0 Å². The second-order valence-corrected chi connectivity index (χ2v) is 7.05. The molecule has 4 heteroatoms. The molecule has 3 nitrogen and oxygen atoms in total. The number of fused-ring (bicyclic) bond motifs is 1. The Hall–Kier alpha value is -1.42. The zero-order valence-corrected chi connectivity index (χ0v) is 11.9. The van der Waals surface area contributed by atoms with Crippen molar-refractivity contribution >= 4 is 5.91 Å². The Kier molecular flexibility index (Phi) is 2.71. The van der Waals surface area contributed by atoms with Crippen molar-refractivity contribution in [1.29, 1.82) is 0 Å². The zero-order chi connectivity index (χ0) is 14.7. The predicted octanol–water partition coefficient (Wildman–Crippen LogP) is 2.48. The number of rotatable bonds is 3. The van der Waals surface area contributed by atoms with E-state index in [9.17, 15) is 14.3 Å². The number of nitrogens with one attached hydrogen (secondary N) is 1. The van der Waals surface area contributed by atoms with Gasteiger partial charge in [0, 0.05) is 6.04 Å². The van der Waals surface area contributed by atoms with Gasteiger partial charge < -0.3 is 10.4 Å². The summed E-state index contributed by atoms with van der Waals surface area (Å²) in [7, 11) is 0. The Morgan fingerprint density at radius 2 is 1.95 bits per heavy atom. The van der Waals surface area contributed by atoms with Crippen LogP contribution in [0, 0.1) is 17.2 Å². The van der Waals surface area contributed by atoms with Gasteiger partial charge in [-0.2, -0.15) is 0 Å². The predicted molar refractivity (Wildman–Crippen MR) is 75.9 cm³/mol. The van der Waals surface area contributed by atoms with Gasteiger partial charge >= 0.3 is 0 Å². The van der Waals surface area contributed by atoms with E-state index in [2.05, 4.69) is 5.32 Å². The highest BCUT2D eigenvalue weighted by Gasteiger charge is 2.74. The minimum absolute atomic E-state index is 0.0102. The van der Waals surface area contributed by atoms with Crippen LogP contribution in [0.3, 0.4) is 0 Å². The lowest BCUT2D eigenvalue weighted by atomic mass is 9.77. The Morgan fingerprint density at radius 3 is 2.52 bits per heavy atom. The molecule has 112 valence electrons. The molecule has 0 aromatic heterocycles. The summed E-state index contributed by atoms with van der Waals surface area (Å²) in [4.78, 5) is 12.1. The molecular weight excluding hydrogens is 269 g/mol. The topological polar surface area (TPSA) is 49.3 Å². The summed E-state index contributed by atoms with van der Waals surface area (Å²) in [5, 5.41) is 13.9. The van der Waals surface area contributed by atoms with Gasteiger partial charge in [0.2, 0.25) is 5.91 Å². The molecule has 0 unspecified atom stereocenters. The number of aliphatic hydroxyl groups is 1. The monoisotopic (exact) mass is 289 g/mol. The first-order valence-electron chi connectivity index (χ1n) is 7.81. The fourth-order valence-electron chi connectivity index (χ4n) is 3.71. The third kappa shape index (κ3) is 2.16. The second-order valence-electron chi connectivity index (χ2n) is 7.05. The SMILES string of the molecule is O=C(NC1CCC(O)(c2cccc(F)c2)CC1)C12CC1C2. The largest absolute Gasteiger partial charge is 0.385 e. The number of carbonyl (C=O) groups is 1. The van der Waals surface area contributed by atoms with Crippen LogP contribution in [0.1, 0.15) is 44.1 Å². The Morgan fingerprint density at radius 1 is 1.29 bits per heavy atom. The molecule has 0 atom stereocenters. The summed E-state index contributed by atoms with van der Waals surface area (Å²) in [5.41, 5.74) is -0.296. The third-order valence-electron chi connectivity index (χ3n) is 5.64. The number of hydrogen-bond donors (Lipinski definition) is 2. The molecule has 0 radical (unpaired) electrons. The first-order valence-corrected chi connectivity index (χ1v) is 7.81. The molecule has 1 amide bonds. The van der Waals surface area contributed by atoms with Gasteiger partial charge in [0.05, 0.1) is 11.0 Å². The minimum Gasteiger partial charge on any atom is -0.385 e. The average molecular weight is 289 g/mol. The maximum Gasteiger partial charge on any atom is 0.226 e. The fraction of sp³-hybridized carbons (Fsp3) is 0.588. The first-order chi connectivity index (χ1) is 10.0. The van der Waals surface area contributed by atoms with Crippen molar-refractivity contribution in [3.8, 4) is 0 Å².